The highest BCUT2D eigenvalue weighted by molar-refractivity contribution is 5.83. The van der Waals surface area contributed by atoms with E-state index in [1.807, 2.05) is 19.1 Å². The summed E-state index contributed by atoms with van der Waals surface area (Å²) < 4.78 is 5.65. The van der Waals surface area contributed by atoms with Gasteiger partial charge in [0.05, 0.1) is 0 Å². The third-order valence-electron chi connectivity index (χ3n) is 5.47. The maximum absolute atomic E-state index is 12.0. The largest absolute Gasteiger partial charge is 0.412 e. The van der Waals surface area contributed by atoms with Crippen molar-refractivity contribution in [2.45, 2.75) is 39.2 Å². The topological polar surface area (TPSA) is 41.6 Å². The molecular weight excluding hydrogens is 324 g/mol. The second kappa shape index (κ2) is 7.12. The molecule has 1 heterocycles. The summed E-state index contributed by atoms with van der Waals surface area (Å²) in [6.45, 7) is 6.95. The first-order valence-corrected chi connectivity index (χ1v) is 9.66. The molecule has 1 N–H and O–H groups in total. The predicted octanol–water partition coefficient (Wildman–Crippen LogP) is 4.33. The lowest BCUT2D eigenvalue weighted by Gasteiger charge is -2.41. The second-order valence-electron chi connectivity index (χ2n) is 7.09. The molecule has 0 fully saturated rings. The Hall–Kier alpha value is -2.33. The Balaban J connectivity index is 1.81. The average molecular weight is 350 g/mol. The second-order valence-corrected chi connectivity index (χ2v) is 7.09. The lowest BCUT2D eigenvalue weighted by molar-refractivity contribution is 0.182. The molecule has 0 unspecified atom stereocenters. The number of nitrogens with one attached hydrogen (secondary N) is 1. The monoisotopic (exact) mass is 350 g/mol. The van der Waals surface area contributed by atoms with Crippen LogP contribution in [0.25, 0.3) is 11.1 Å². The lowest BCUT2D eigenvalue weighted by Crippen LogP contribution is -2.39. The van der Waals surface area contributed by atoms with Crippen LogP contribution in [0.4, 0.5) is 4.79 Å². The molecule has 1 aliphatic carbocycles. The van der Waals surface area contributed by atoms with E-state index < -0.39 is 0 Å². The van der Waals surface area contributed by atoms with E-state index in [2.05, 4.69) is 41.4 Å². The maximum Gasteiger partial charge on any atom is 0.412 e. The molecule has 136 valence electrons. The van der Waals surface area contributed by atoms with Crippen molar-refractivity contribution in [3.05, 3.63) is 53.1 Å². The van der Waals surface area contributed by atoms with Gasteiger partial charge >= 0.3 is 6.09 Å². The van der Waals surface area contributed by atoms with Gasteiger partial charge in [0.25, 0.3) is 0 Å². The van der Waals surface area contributed by atoms with Crippen molar-refractivity contribution in [3.63, 3.8) is 0 Å². The van der Waals surface area contributed by atoms with Crippen molar-refractivity contribution in [3.8, 4) is 16.9 Å². The zero-order valence-corrected chi connectivity index (χ0v) is 15.5. The number of carbonyl (C=O) groups is 1. The van der Waals surface area contributed by atoms with Crippen LogP contribution >= 0.6 is 0 Å². The van der Waals surface area contributed by atoms with Gasteiger partial charge in [-0.2, -0.15) is 0 Å². The predicted molar refractivity (Wildman–Crippen MR) is 104 cm³/mol. The minimum Gasteiger partial charge on any atom is -0.410 e. The van der Waals surface area contributed by atoms with Gasteiger partial charge in [-0.1, -0.05) is 37.3 Å². The number of fused-ring (bicyclic) bond motifs is 2. The highest BCUT2D eigenvalue weighted by Gasteiger charge is 2.35. The minimum absolute atomic E-state index is 0.388. The van der Waals surface area contributed by atoms with Gasteiger partial charge in [-0.05, 0) is 61.1 Å². The van der Waals surface area contributed by atoms with E-state index in [1.165, 1.54) is 28.7 Å². The van der Waals surface area contributed by atoms with Crippen molar-refractivity contribution in [2.24, 2.45) is 0 Å². The van der Waals surface area contributed by atoms with E-state index in [1.54, 1.807) is 0 Å². The van der Waals surface area contributed by atoms with Crippen LogP contribution in [0.1, 0.15) is 43.0 Å². The number of ether oxygens (including phenoxy) is 1. The van der Waals surface area contributed by atoms with Gasteiger partial charge in [-0.3, -0.25) is 4.90 Å². The molecule has 26 heavy (non-hydrogen) atoms. The van der Waals surface area contributed by atoms with E-state index in [9.17, 15) is 4.79 Å². The molecule has 4 rings (SSSR count). The van der Waals surface area contributed by atoms with Crippen molar-refractivity contribution in [1.82, 2.24) is 10.2 Å². The summed E-state index contributed by atoms with van der Waals surface area (Å²) in [6, 6.07) is 13.1. The highest BCUT2D eigenvalue weighted by atomic mass is 16.6. The molecule has 0 radical (unpaired) electrons. The van der Waals surface area contributed by atoms with Crippen LogP contribution in [-0.2, 0) is 12.8 Å². The van der Waals surface area contributed by atoms with Crippen LogP contribution in [0.2, 0.25) is 0 Å². The van der Waals surface area contributed by atoms with Crippen molar-refractivity contribution in [2.75, 3.05) is 19.6 Å². The van der Waals surface area contributed by atoms with Gasteiger partial charge in [0.2, 0.25) is 0 Å². The van der Waals surface area contributed by atoms with Gasteiger partial charge in [0, 0.05) is 24.7 Å². The van der Waals surface area contributed by atoms with Crippen LogP contribution < -0.4 is 10.1 Å². The molecule has 2 aromatic rings. The number of rotatable bonds is 4. The molecular formula is C22H26N2O2. The summed E-state index contributed by atoms with van der Waals surface area (Å²) >= 11 is 0. The van der Waals surface area contributed by atoms with Gasteiger partial charge in [-0.25, -0.2) is 4.79 Å². The Kier molecular flexibility index (Phi) is 4.68. The summed E-state index contributed by atoms with van der Waals surface area (Å²) in [7, 11) is 0. The minimum atomic E-state index is -0.388. The molecule has 4 heteroatoms. The highest BCUT2D eigenvalue weighted by Crippen LogP contribution is 2.48. The van der Waals surface area contributed by atoms with Gasteiger partial charge in [0.15, 0.2) is 0 Å². The average Bonchev–Trinajstić information content (AvgIpc) is 2.64. The zero-order chi connectivity index (χ0) is 18.1. The number of nitrogens with zero attached hydrogens (tertiary/aromatic N) is 1. The Bertz CT molecular complexity index is 831. The molecule has 1 aliphatic heterocycles. The quantitative estimate of drug-likeness (QED) is 0.892. The lowest BCUT2D eigenvalue weighted by atomic mass is 9.77. The first kappa shape index (κ1) is 17.1. The summed E-state index contributed by atoms with van der Waals surface area (Å²) in [6.07, 6.45) is 2.85. The van der Waals surface area contributed by atoms with Crippen LogP contribution in [0, 0.1) is 0 Å². The summed E-state index contributed by atoms with van der Waals surface area (Å²) in [5.74, 6) is 0.660. The molecule has 2 aromatic carbocycles. The van der Waals surface area contributed by atoms with Crippen LogP contribution in [0.15, 0.2) is 36.4 Å². The first-order chi connectivity index (χ1) is 12.7. The van der Waals surface area contributed by atoms with Crippen LogP contribution in [0.5, 0.6) is 5.75 Å². The number of hydrogen-bond acceptors (Lipinski definition) is 3. The third-order valence-corrected chi connectivity index (χ3v) is 5.47. The van der Waals surface area contributed by atoms with Gasteiger partial charge in [0.1, 0.15) is 5.75 Å². The summed E-state index contributed by atoms with van der Waals surface area (Å²) in [5.41, 5.74) is 6.47. The Morgan fingerprint density at radius 2 is 2.00 bits per heavy atom. The maximum atomic E-state index is 12.0. The fourth-order valence-electron chi connectivity index (χ4n) is 4.46. The van der Waals surface area contributed by atoms with Crippen molar-refractivity contribution in [1.29, 1.82) is 0 Å². The number of carbonyl (C=O) groups excluding carboxylic acids is 1. The first-order valence-electron chi connectivity index (χ1n) is 9.66. The third kappa shape index (κ3) is 2.88. The van der Waals surface area contributed by atoms with E-state index in [0.29, 0.717) is 18.3 Å². The fraction of sp³-hybridized carbons (Fsp3) is 0.409. The zero-order valence-electron chi connectivity index (χ0n) is 15.5. The van der Waals surface area contributed by atoms with Crippen LogP contribution in [0.3, 0.4) is 0 Å². The standard InChI is InChI=1S/C22H26N2O2/c1-3-12-24-13-11-15-7-5-9-17-20(15)18(24)14-16-8-6-10-19(21(16)17)26-22(25)23-4-2/h5-10,18H,3-4,11-14H2,1-2H3,(H,23,25)/t18-/m1/s1. The van der Waals surface area contributed by atoms with Gasteiger partial charge < -0.3 is 10.1 Å². The normalized spacial score (nSPS) is 18.0. The Morgan fingerprint density at radius 1 is 1.19 bits per heavy atom. The SMILES string of the molecule is CCCN1CCc2cccc3c2[C@H]1Cc1cccc(OC(=O)NCC)c1-3. The van der Waals surface area contributed by atoms with Gasteiger partial charge in [-0.15, -0.1) is 0 Å². The van der Waals surface area contributed by atoms with E-state index in [0.717, 1.165) is 31.5 Å². The number of hydrogen-bond donors (Lipinski definition) is 1. The molecule has 0 saturated carbocycles. The summed E-state index contributed by atoms with van der Waals surface area (Å²) in [5, 5.41) is 2.72. The summed E-state index contributed by atoms with van der Waals surface area (Å²) in [4.78, 5) is 14.6. The fourth-order valence-corrected chi connectivity index (χ4v) is 4.46. The molecule has 1 amide bonds. The van der Waals surface area contributed by atoms with Crippen molar-refractivity contribution < 1.29 is 9.53 Å². The van der Waals surface area contributed by atoms with E-state index >= 15 is 0 Å². The molecule has 0 aromatic heterocycles. The number of benzene rings is 2. The van der Waals surface area contributed by atoms with Crippen LogP contribution in [-0.4, -0.2) is 30.6 Å². The molecule has 2 aliphatic rings. The van der Waals surface area contributed by atoms with E-state index in [-0.39, 0.29) is 6.09 Å². The number of amides is 1. The Morgan fingerprint density at radius 3 is 2.81 bits per heavy atom. The smallest absolute Gasteiger partial charge is 0.410 e. The molecule has 1 atom stereocenters. The Labute approximate surface area is 155 Å². The molecule has 4 nitrogen and oxygen atoms in total. The van der Waals surface area contributed by atoms with E-state index in [4.69, 9.17) is 4.74 Å². The van der Waals surface area contributed by atoms with Crippen molar-refractivity contribution >= 4 is 6.09 Å². The molecule has 0 bridgehead atoms. The molecule has 0 saturated heterocycles. The molecule has 0 spiro atoms.